The van der Waals surface area contributed by atoms with Crippen LogP contribution in [0.15, 0.2) is 10.7 Å². The molecule has 4 atom stereocenters. The van der Waals surface area contributed by atoms with Crippen molar-refractivity contribution < 1.29 is 0 Å². The Balaban J connectivity index is 1.76. The van der Waals surface area contributed by atoms with Crippen LogP contribution >= 0.6 is 15.9 Å². The molecule has 112 valence electrons. The quantitative estimate of drug-likeness (QED) is 0.896. The Labute approximate surface area is 129 Å². The van der Waals surface area contributed by atoms with Gasteiger partial charge in [0.2, 0.25) is 0 Å². The molecule has 2 bridgehead atoms. The number of nitrogens with zero attached hydrogens (tertiary/aromatic N) is 3. The molecule has 2 saturated carbocycles. The predicted molar refractivity (Wildman–Crippen MR) is 84.3 cm³/mol. The van der Waals surface area contributed by atoms with Gasteiger partial charge in [-0.1, -0.05) is 6.42 Å². The second kappa shape index (κ2) is 5.78. The van der Waals surface area contributed by atoms with E-state index in [0.717, 1.165) is 29.4 Å². The van der Waals surface area contributed by atoms with Crippen molar-refractivity contribution in [3.8, 4) is 0 Å². The second-order valence-corrected chi connectivity index (χ2v) is 7.62. The van der Waals surface area contributed by atoms with Crippen LogP contribution in [-0.4, -0.2) is 35.3 Å². The third-order valence-electron chi connectivity index (χ3n) is 5.16. The first-order valence-electron chi connectivity index (χ1n) is 7.67. The number of likely N-dealkylation sites (N-methyl/N-ethyl adjacent to an activating group) is 1. The lowest BCUT2D eigenvalue weighted by Crippen LogP contribution is -2.30. The van der Waals surface area contributed by atoms with Crippen LogP contribution in [0.25, 0.3) is 0 Å². The van der Waals surface area contributed by atoms with Crippen LogP contribution in [0.5, 0.6) is 0 Å². The highest BCUT2D eigenvalue weighted by atomic mass is 79.9. The first kappa shape index (κ1) is 14.5. The van der Waals surface area contributed by atoms with Gasteiger partial charge < -0.3 is 10.6 Å². The van der Waals surface area contributed by atoms with E-state index in [9.17, 15) is 0 Å². The summed E-state index contributed by atoms with van der Waals surface area (Å²) in [7, 11) is 4.18. The highest BCUT2D eigenvalue weighted by Crippen LogP contribution is 2.52. The lowest BCUT2D eigenvalue weighted by atomic mass is 9.82. The van der Waals surface area contributed by atoms with Gasteiger partial charge in [0.15, 0.2) is 0 Å². The summed E-state index contributed by atoms with van der Waals surface area (Å²) in [6.45, 7) is 1.90. The number of hydrogen-bond donors (Lipinski definition) is 1. The summed E-state index contributed by atoms with van der Waals surface area (Å²) < 4.78 is 3.17. The van der Waals surface area contributed by atoms with Crippen LogP contribution in [0.3, 0.4) is 0 Å². The summed E-state index contributed by atoms with van der Waals surface area (Å²) in [5, 5.41) is 4.51. The Morgan fingerprint density at radius 3 is 2.85 bits per heavy atom. The normalized spacial score (nSPS) is 30.4. The van der Waals surface area contributed by atoms with Crippen LogP contribution in [-0.2, 0) is 6.54 Å². The molecule has 1 aromatic heterocycles. The van der Waals surface area contributed by atoms with E-state index in [0.29, 0.717) is 5.92 Å². The van der Waals surface area contributed by atoms with Crippen molar-refractivity contribution in [3.05, 3.63) is 16.4 Å². The van der Waals surface area contributed by atoms with Crippen LogP contribution in [0.4, 0.5) is 0 Å². The Morgan fingerprint density at radius 1 is 1.45 bits per heavy atom. The van der Waals surface area contributed by atoms with E-state index in [1.165, 1.54) is 31.4 Å². The highest BCUT2D eigenvalue weighted by molar-refractivity contribution is 9.10. The first-order valence-corrected chi connectivity index (χ1v) is 8.47. The van der Waals surface area contributed by atoms with Crippen molar-refractivity contribution >= 4 is 15.9 Å². The Morgan fingerprint density at radius 2 is 2.25 bits per heavy atom. The Hall–Kier alpha value is -0.390. The van der Waals surface area contributed by atoms with E-state index >= 15 is 0 Å². The molecule has 4 nitrogen and oxygen atoms in total. The zero-order chi connectivity index (χ0) is 14.3. The maximum absolute atomic E-state index is 6.63. The fourth-order valence-corrected chi connectivity index (χ4v) is 4.67. The van der Waals surface area contributed by atoms with Crippen LogP contribution in [0.1, 0.15) is 37.4 Å². The van der Waals surface area contributed by atoms with Crippen molar-refractivity contribution in [1.82, 2.24) is 14.7 Å². The molecule has 5 heteroatoms. The van der Waals surface area contributed by atoms with E-state index in [2.05, 4.69) is 44.7 Å². The molecule has 0 spiro atoms. The summed E-state index contributed by atoms with van der Waals surface area (Å²) in [4.78, 5) is 2.18. The number of nitrogens with two attached hydrogens (primary N) is 1. The zero-order valence-corrected chi connectivity index (χ0v) is 14.0. The van der Waals surface area contributed by atoms with Crippen molar-refractivity contribution in [2.24, 2.45) is 23.5 Å². The molecule has 20 heavy (non-hydrogen) atoms. The monoisotopic (exact) mass is 340 g/mol. The Bertz CT molecular complexity index is 470. The van der Waals surface area contributed by atoms with Gasteiger partial charge in [0.05, 0.1) is 29.0 Å². The Kier molecular flexibility index (Phi) is 4.20. The molecule has 4 unspecified atom stereocenters. The van der Waals surface area contributed by atoms with E-state index in [1.54, 1.807) is 0 Å². The van der Waals surface area contributed by atoms with Gasteiger partial charge in [-0.3, -0.25) is 4.68 Å². The summed E-state index contributed by atoms with van der Waals surface area (Å²) in [5.41, 5.74) is 7.83. The fourth-order valence-electron chi connectivity index (χ4n) is 4.11. The zero-order valence-electron chi connectivity index (χ0n) is 12.4. The SMILES string of the molecule is CN(C)CCn1ncc(Br)c1C(N)C1CC2CCC1C2. The largest absolute Gasteiger partial charge is 0.322 e. The molecule has 0 aromatic carbocycles. The van der Waals surface area contributed by atoms with Gasteiger partial charge in [0.1, 0.15) is 0 Å². The van der Waals surface area contributed by atoms with E-state index in [4.69, 9.17) is 5.73 Å². The maximum Gasteiger partial charge on any atom is 0.0696 e. The van der Waals surface area contributed by atoms with Gasteiger partial charge in [-0.05, 0) is 67.0 Å². The van der Waals surface area contributed by atoms with Gasteiger partial charge in [0.25, 0.3) is 0 Å². The van der Waals surface area contributed by atoms with Crippen molar-refractivity contribution in [2.45, 2.75) is 38.3 Å². The number of fused-ring (bicyclic) bond motifs is 2. The molecular weight excluding hydrogens is 316 g/mol. The van der Waals surface area contributed by atoms with Gasteiger partial charge >= 0.3 is 0 Å². The molecule has 1 aromatic rings. The van der Waals surface area contributed by atoms with E-state index in [-0.39, 0.29) is 6.04 Å². The van der Waals surface area contributed by atoms with Gasteiger partial charge in [0, 0.05) is 6.54 Å². The highest BCUT2D eigenvalue weighted by Gasteiger charge is 2.43. The van der Waals surface area contributed by atoms with Crippen molar-refractivity contribution in [3.63, 3.8) is 0 Å². The number of hydrogen-bond acceptors (Lipinski definition) is 3. The van der Waals surface area contributed by atoms with Crippen molar-refractivity contribution in [2.75, 3.05) is 20.6 Å². The smallest absolute Gasteiger partial charge is 0.0696 e. The summed E-state index contributed by atoms with van der Waals surface area (Å²) >= 11 is 3.65. The number of aromatic nitrogens is 2. The summed E-state index contributed by atoms with van der Waals surface area (Å²) in [5.74, 6) is 2.44. The standard InChI is InChI=1S/C15H25BrN4/c1-19(2)5-6-20-15(13(16)9-18-20)14(17)12-8-10-3-4-11(12)7-10/h9-12,14H,3-8,17H2,1-2H3. The second-order valence-electron chi connectivity index (χ2n) is 6.77. The third kappa shape index (κ3) is 2.68. The summed E-state index contributed by atoms with van der Waals surface area (Å²) in [6, 6.07) is 0.129. The molecular formula is C15H25BrN4. The predicted octanol–water partition coefficient (Wildman–Crippen LogP) is 2.64. The topological polar surface area (TPSA) is 47.1 Å². The molecule has 2 N–H and O–H groups in total. The van der Waals surface area contributed by atoms with Gasteiger partial charge in [-0.2, -0.15) is 5.10 Å². The van der Waals surface area contributed by atoms with Crippen LogP contribution < -0.4 is 5.73 Å². The molecule has 0 amide bonds. The molecule has 1 heterocycles. The minimum Gasteiger partial charge on any atom is -0.322 e. The van der Waals surface area contributed by atoms with E-state index in [1.807, 2.05) is 6.20 Å². The maximum atomic E-state index is 6.63. The number of rotatable bonds is 5. The van der Waals surface area contributed by atoms with Crippen molar-refractivity contribution in [1.29, 1.82) is 0 Å². The average Bonchev–Trinajstić information content (AvgIpc) is 3.10. The lowest BCUT2D eigenvalue weighted by molar-refractivity contribution is 0.271. The molecule has 3 rings (SSSR count). The molecule has 0 aliphatic heterocycles. The molecule has 0 radical (unpaired) electrons. The van der Waals surface area contributed by atoms with Gasteiger partial charge in [-0.25, -0.2) is 0 Å². The van der Waals surface area contributed by atoms with E-state index < -0.39 is 0 Å². The molecule has 2 fully saturated rings. The van der Waals surface area contributed by atoms with Crippen LogP contribution in [0, 0.1) is 17.8 Å². The molecule has 2 aliphatic rings. The van der Waals surface area contributed by atoms with Gasteiger partial charge in [-0.15, -0.1) is 0 Å². The summed E-state index contributed by atoms with van der Waals surface area (Å²) in [6.07, 6.45) is 7.43. The molecule has 2 aliphatic carbocycles. The number of halogens is 1. The molecule has 0 saturated heterocycles. The lowest BCUT2D eigenvalue weighted by Gasteiger charge is -2.28. The minimum atomic E-state index is 0.129. The fraction of sp³-hybridized carbons (Fsp3) is 0.800. The van der Waals surface area contributed by atoms with Crippen LogP contribution in [0.2, 0.25) is 0 Å². The minimum absolute atomic E-state index is 0.129. The third-order valence-corrected chi connectivity index (χ3v) is 5.77. The average molecular weight is 341 g/mol. The first-order chi connectivity index (χ1) is 9.56.